The monoisotopic (exact) mass is 443 g/mol. The Morgan fingerprint density at radius 3 is 2.48 bits per heavy atom. The number of halogens is 1. The van der Waals surface area contributed by atoms with Crippen molar-refractivity contribution in [2.45, 2.75) is 37.8 Å². The first kappa shape index (κ1) is 16.8. The summed E-state index contributed by atoms with van der Waals surface area (Å²) in [7, 11) is 0. The van der Waals surface area contributed by atoms with Crippen LogP contribution in [0.2, 0.25) is 0 Å². The molecule has 1 saturated carbocycles. The van der Waals surface area contributed by atoms with Crippen molar-refractivity contribution in [3.8, 4) is 11.1 Å². The van der Waals surface area contributed by atoms with E-state index in [9.17, 15) is 0 Å². The van der Waals surface area contributed by atoms with Gasteiger partial charge in [0, 0.05) is 44.7 Å². The number of benzene rings is 2. The van der Waals surface area contributed by atoms with Crippen LogP contribution in [-0.4, -0.2) is 17.1 Å². The molecule has 25 heavy (non-hydrogen) atoms. The molecule has 4 rings (SSSR count). The van der Waals surface area contributed by atoms with E-state index in [1.165, 1.54) is 31.2 Å². The molecular weight excluding hydrogens is 421 g/mol. The van der Waals surface area contributed by atoms with E-state index in [2.05, 4.69) is 69.3 Å². The summed E-state index contributed by atoms with van der Waals surface area (Å²) in [5, 5.41) is 6.19. The molecule has 0 saturated heterocycles. The van der Waals surface area contributed by atoms with Crippen LogP contribution >= 0.6 is 22.6 Å². The first-order chi connectivity index (χ1) is 12.2. The highest BCUT2D eigenvalue weighted by Gasteiger charge is 2.19. The number of rotatable bonds is 3. The summed E-state index contributed by atoms with van der Waals surface area (Å²) in [6.07, 6.45) is 8.46. The van der Waals surface area contributed by atoms with Gasteiger partial charge in [-0.2, -0.15) is 0 Å². The van der Waals surface area contributed by atoms with E-state index in [1.54, 1.807) is 0 Å². The van der Waals surface area contributed by atoms with E-state index in [-0.39, 0.29) is 0 Å². The highest BCUT2D eigenvalue weighted by molar-refractivity contribution is 14.1. The summed E-state index contributed by atoms with van der Waals surface area (Å²) >= 11 is 2.42. The third-order valence-electron chi connectivity index (χ3n) is 5.05. The van der Waals surface area contributed by atoms with Gasteiger partial charge < -0.3 is 11.1 Å². The molecule has 4 heteroatoms. The number of pyridine rings is 1. The summed E-state index contributed by atoms with van der Waals surface area (Å²) in [6.45, 7) is 0. The zero-order valence-corrected chi connectivity index (χ0v) is 16.2. The molecule has 0 spiro atoms. The highest BCUT2D eigenvalue weighted by atomic mass is 127. The van der Waals surface area contributed by atoms with Gasteiger partial charge in [-0.25, -0.2) is 0 Å². The molecule has 0 amide bonds. The van der Waals surface area contributed by atoms with Gasteiger partial charge in [-0.3, -0.25) is 4.98 Å². The zero-order chi connectivity index (χ0) is 17.2. The van der Waals surface area contributed by atoms with Gasteiger partial charge in [0.05, 0.1) is 0 Å². The van der Waals surface area contributed by atoms with Crippen LogP contribution in [0.15, 0.2) is 54.9 Å². The number of fused-ring (bicyclic) bond motifs is 1. The van der Waals surface area contributed by atoms with Crippen LogP contribution in [0.3, 0.4) is 0 Å². The quantitative estimate of drug-likeness (QED) is 0.548. The lowest BCUT2D eigenvalue weighted by Crippen LogP contribution is -2.32. The minimum atomic E-state index is 0.380. The maximum Gasteiger partial charge on any atom is 0.0359 e. The largest absolute Gasteiger partial charge is 0.382 e. The molecule has 0 bridgehead atoms. The molecule has 3 N–H and O–H groups in total. The smallest absolute Gasteiger partial charge is 0.0359 e. The number of nitrogens with zero attached hydrogens (tertiary/aromatic N) is 1. The number of hydrogen-bond acceptors (Lipinski definition) is 3. The number of aromatic nitrogens is 1. The van der Waals surface area contributed by atoms with Crippen LogP contribution in [0, 0.1) is 3.57 Å². The van der Waals surface area contributed by atoms with Gasteiger partial charge in [-0.1, -0.05) is 30.3 Å². The van der Waals surface area contributed by atoms with E-state index >= 15 is 0 Å². The summed E-state index contributed by atoms with van der Waals surface area (Å²) in [5.41, 5.74) is 9.62. The second kappa shape index (κ2) is 7.30. The molecule has 2 aromatic carbocycles. The Hall–Kier alpha value is -1.66. The van der Waals surface area contributed by atoms with Crippen LogP contribution in [-0.2, 0) is 0 Å². The number of nitrogens with one attached hydrogen (secondary N) is 1. The molecule has 0 aliphatic heterocycles. The Labute approximate surface area is 162 Å². The second-order valence-corrected chi connectivity index (χ2v) is 8.02. The molecule has 0 atom stereocenters. The van der Waals surface area contributed by atoms with Gasteiger partial charge in [0.25, 0.3) is 0 Å². The maximum atomic E-state index is 6.04. The van der Waals surface area contributed by atoms with Gasteiger partial charge in [0.15, 0.2) is 0 Å². The Bertz CT molecular complexity index is 871. The summed E-state index contributed by atoms with van der Waals surface area (Å²) in [6, 6.07) is 15.9. The molecule has 0 unspecified atom stereocenters. The standard InChI is InChI=1S/C21H22IN3/c22-21-11-17(25-16-8-6-15(23)7-9-16)10-18-19(12-24-13-20(18)21)14-4-2-1-3-5-14/h1-5,10-13,15-16,25H,6-9,23H2/t15-,16-. The molecule has 1 heterocycles. The minimum Gasteiger partial charge on any atom is -0.382 e. The van der Waals surface area contributed by atoms with Gasteiger partial charge in [0.1, 0.15) is 0 Å². The topological polar surface area (TPSA) is 50.9 Å². The first-order valence-corrected chi connectivity index (χ1v) is 9.93. The minimum absolute atomic E-state index is 0.380. The average molecular weight is 443 g/mol. The fourth-order valence-electron chi connectivity index (χ4n) is 3.66. The predicted octanol–water partition coefficient (Wildman–Crippen LogP) is 5.19. The van der Waals surface area contributed by atoms with E-state index in [0.717, 1.165) is 25.7 Å². The lowest BCUT2D eigenvalue weighted by molar-refractivity contribution is 0.411. The maximum absolute atomic E-state index is 6.04. The first-order valence-electron chi connectivity index (χ1n) is 8.85. The zero-order valence-electron chi connectivity index (χ0n) is 14.1. The van der Waals surface area contributed by atoms with E-state index in [1.807, 2.05) is 18.5 Å². The number of hydrogen-bond donors (Lipinski definition) is 2. The molecule has 1 aliphatic carbocycles. The van der Waals surface area contributed by atoms with E-state index in [0.29, 0.717) is 12.1 Å². The van der Waals surface area contributed by atoms with E-state index in [4.69, 9.17) is 5.73 Å². The average Bonchev–Trinajstić information content (AvgIpc) is 2.64. The lowest BCUT2D eigenvalue weighted by Gasteiger charge is -2.28. The number of nitrogens with two attached hydrogens (primary N) is 1. The van der Waals surface area contributed by atoms with Crippen LogP contribution in [0.1, 0.15) is 25.7 Å². The van der Waals surface area contributed by atoms with Crippen molar-refractivity contribution in [2.75, 3.05) is 5.32 Å². The van der Waals surface area contributed by atoms with Crippen molar-refractivity contribution in [2.24, 2.45) is 5.73 Å². The third kappa shape index (κ3) is 3.65. The summed E-state index contributed by atoms with van der Waals surface area (Å²) in [4.78, 5) is 4.46. The number of anilines is 1. The van der Waals surface area contributed by atoms with Crippen LogP contribution in [0.5, 0.6) is 0 Å². The van der Waals surface area contributed by atoms with Crippen LogP contribution in [0.25, 0.3) is 21.9 Å². The van der Waals surface area contributed by atoms with Crippen molar-refractivity contribution in [3.05, 3.63) is 58.4 Å². The molecule has 3 nitrogen and oxygen atoms in total. The molecule has 0 radical (unpaired) electrons. The molecule has 1 aromatic heterocycles. The van der Waals surface area contributed by atoms with Gasteiger partial charge in [0.2, 0.25) is 0 Å². The Kier molecular flexibility index (Phi) is 4.90. The third-order valence-corrected chi connectivity index (χ3v) is 5.95. The van der Waals surface area contributed by atoms with Crippen molar-refractivity contribution >= 4 is 39.1 Å². The Balaban J connectivity index is 1.72. The molecular formula is C21H22IN3. The van der Waals surface area contributed by atoms with Crippen molar-refractivity contribution < 1.29 is 0 Å². The highest BCUT2D eigenvalue weighted by Crippen LogP contribution is 2.33. The van der Waals surface area contributed by atoms with Crippen LogP contribution in [0.4, 0.5) is 5.69 Å². The predicted molar refractivity (Wildman–Crippen MR) is 114 cm³/mol. The lowest BCUT2D eigenvalue weighted by atomic mass is 9.91. The fourth-order valence-corrected chi connectivity index (χ4v) is 4.42. The van der Waals surface area contributed by atoms with Crippen molar-refractivity contribution in [3.63, 3.8) is 0 Å². The Morgan fingerprint density at radius 1 is 0.960 bits per heavy atom. The fraction of sp³-hybridized carbons (Fsp3) is 0.286. The van der Waals surface area contributed by atoms with Crippen molar-refractivity contribution in [1.29, 1.82) is 0 Å². The van der Waals surface area contributed by atoms with Gasteiger partial charge in [-0.05, 0) is 71.4 Å². The molecule has 3 aromatic rings. The summed E-state index contributed by atoms with van der Waals surface area (Å²) in [5.74, 6) is 0. The van der Waals surface area contributed by atoms with Crippen LogP contribution < -0.4 is 11.1 Å². The molecule has 1 aliphatic rings. The van der Waals surface area contributed by atoms with Gasteiger partial charge >= 0.3 is 0 Å². The molecule has 1 fully saturated rings. The normalized spacial score (nSPS) is 20.6. The molecule has 128 valence electrons. The Morgan fingerprint density at radius 2 is 1.72 bits per heavy atom. The van der Waals surface area contributed by atoms with E-state index < -0.39 is 0 Å². The van der Waals surface area contributed by atoms with Crippen molar-refractivity contribution in [1.82, 2.24) is 4.98 Å². The second-order valence-electron chi connectivity index (χ2n) is 6.86. The summed E-state index contributed by atoms with van der Waals surface area (Å²) < 4.78 is 1.23. The SMILES string of the molecule is N[C@H]1CC[C@H](Nc2cc(I)c3cncc(-c4ccccc4)c3c2)CC1. The van der Waals surface area contributed by atoms with Gasteiger partial charge in [-0.15, -0.1) is 0 Å².